The molecule has 0 nitrogen and oxygen atoms in total. The fourth-order valence-corrected chi connectivity index (χ4v) is 4.10. The minimum absolute atomic E-state index is 0.234. The molecule has 33 heavy (non-hydrogen) atoms. The maximum Gasteiger partial charge on any atom is 0.146 e. The van der Waals surface area contributed by atoms with Gasteiger partial charge < -0.3 is 0 Å². The van der Waals surface area contributed by atoms with Crippen molar-refractivity contribution in [3.05, 3.63) is 107 Å². The number of fused-ring (bicyclic) bond motifs is 1. The summed E-state index contributed by atoms with van der Waals surface area (Å²) in [6.45, 7) is 4.40. The Labute approximate surface area is 197 Å². The van der Waals surface area contributed by atoms with Crippen molar-refractivity contribution in [1.82, 2.24) is 0 Å². The second kappa shape index (κ2) is 11.0. The van der Waals surface area contributed by atoms with Gasteiger partial charge in [-0.3, -0.25) is 0 Å². The van der Waals surface area contributed by atoms with Crippen molar-refractivity contribution in [2.24, 2.45) is 0 Å². The molecule has 0 heterocycles. The van der Waals surface area contributed by atoms with E-state index in [0.29, 0.717) is 10.9 Å². The van der Waals surface area contributed by atoms with Crippen LogP contribution in [0, 0.1) is 17.7 Å². The highest BCUT2D eigenvalue weighted by atomic mass is 19.1. The smallest absolute Gasteiger partial charge is 0.146 e. The van der Waals surface area contributed by atoms with E-state index in [1.165, 1.54) is 35.1 Å². The number of hydrogen-bond acceptors (Lipinski definition) is 0. The van der Waals surface area contributed by atoms with Crippen LogP contribution in [0.2, 0.25) is 0 Å². The van der Waals surface area contributed by atoms with Gasteiger partial charge in [-0.15, -0.1) is 0 Å². The van der Waals surface area contributed by atoms with E-state index in [-0.39, 0.29) is 5.82 Å². The van der Waals surface area contributed by atoms with E-state index < -0.39 is 0 Å². The van der Waals surface area contributed by atoms with E-state index in [1.54, 1.807) is 6.07 Å². The van der Waals surface area contributed by atoms with Gasteiger partial charge >= 0.3 is 0 Å². The molecule has 4 rings (SSSR count). The van der Waals surface area contributed by atoms with Gasteiger partial charge in [-0.2, -0.15) is 0 Å². The molecule has 0 atom stereocenters. The second-order valence-electron chi connectivity index (χ2n) is 8.71. The standard InChI is InChI=1S/C32H31F/c1-3-5-7-24-9-15-27(16-10-24)28-17-11-25(12-18-28)13-19-29-20-21-30-23-26(8-6-4-2)14-22-31(30)32(29)33/h9-12,14-18,20-23H,3-8H2,1-2H3. The maximum absolute atomic E-state index is 15.0. The van der Waals surface area contributed by atoms with Crippen LogP contribution in [0.5, 0.6) is 0 Å². The zero-order valence-electron chi connectivity index (χ0n) is 19.6. The summed E-state index contributed by atoms with van der Waals surface area (Å²) in [5, 5.41) is 1.58. The average molecular weight is 435 g/mol. The van der Waals surface area contributed by atoms with Crippen molar-refractivity contribution >= 4 is 10.8 Å². The Bertz CT molecular complexity index is 1270. The van der Waals surface area contributed by atoms with Crippen molar-refractivity contribution in [2.75, 3.05) is 0 Å². The Hall–Kier alpha value is -3.37. The van der Waals surface area contributed by atoms with Gasteiger partial charge in [0.1, 0.15) is 5.82 Å². The highest BCUT2D eigenvalue weighted by Crippen LogP contribution is 2.24. The molecule has 166 valence electrons. The summed E-state index contributed by atoms with van der Waals surface area (Å²) >= 11 is 0. The number of rotatable bonds is 7. The quantitative estimate of drug-likeness (QED) is 0.255. The first-order chi connectivity index (χ1) is 16.2. The van der Waals surface area contributed by atoms with Crippen LogP contribution in [0.1, 0.15) is 61.8 Å². The fraction of sp³-hybridized carbons (Fsp3) is 0.250. The summed E-state index contributed by atoms with van der Waals surface area (Å²) in [7, 11) is 0. The summed E-state index contributed by atoms with van der Waals surface area (Å²) in [6, 6.07) is 26.8. The van der Waals surface area contributed by atoms with Gasteiger partial charge in [-0.25, -0.2) is 4.39 Å². The van der Waals surface area contributed by atoms with Gasteiger partial charge in [0.25, 0.3) is 0 Å². The minimum Gasteiger partial charge on any atom is -0.205 e. The van der Waals surface area contributed by atoms with E-state index in [1.807, 2.05) is 30.3 Å². The van der Waals surface area contributed by atoms with Crippen molar-refractivity contribution < 1.29 is 4.39 Å². The Morgan fingerprint density at radius 3 is 1.91 bits per heavy atom. The molecule has 0 N–H and O–H groups in total. The highest BCUT2D eigenvalue weighted by Gasteiger charge is 2.06. The van der Waals surface area contributed by atoms with Crippen LogP contribution in [-0.2, 0) is 12.8 Å². The number of aryl methyl sites for hydroxylation is 2. The van der Waals surface area contributed by atoms with E-state index in [2.05, 4.69) is 68.2 Å². The Balaban J connectivity index is 1.50. The molecular formula is C32H31F. The van der Waals surface area contributed by atoms with Gasteiger partial charge in [0.05, 0.1) is 5.56 Å². The van der Waals surface area contributed by atoms with E-state index in [4.69, 9.17) is 0 Å². The summed E-state index contributed by atoms with van der Waals surface area (Å²) < 4.78 is 15.0. The van der Waals surface area contributed by atoms with Gasteiger partial charge in [-0.1, -0.05) is 99.2 Å². The third kappa shape index (κ3) is 5.71. The van der Waals surface area contributed by atoms with Crippen LogP contribution in [-0.4, -0.2) is 0 Å². The normalized spacial score (nSPS) is 10.8. The van der Waals surface area contributed by atoms with E-state index in [9.17, 15) is 0 Å². The molecule has 0 saturated heterocycles. The van der Waals surface area contributed by atoms with Crippen molar-refractivity contribution in [1.29, 1.82) is 0 Å². The number of unbranched alkanes of at least 4 members (excludes halogenated alkanes) is 2. The lowest BCUT2D eigenvalue weighted by Crippen LogP contribution is -1.90. The van der Waals surface area contributed by atoms with Crippen molar-refractivity contribution in [2.45, 2.75) is 52.4 Å². The average Bonchev–Trinajstić information content (AvgIpc) is 2.86. The Morgan fingerprint density at radius 1 is 0.636 bits per heavy atom. The van der Waals surface area contributed by atoms with Crippen LogP contribution in [0.25, 0.3) is 21.9 Å². The van der Waals surface area contributed by atoms with Crippen LogP contribution in [0.15, 0.2) is 78.9 Å². The fourth-order valence-electron chi connectivity index (χ4n) is 4.10. The van der Waals surface area contributed by atoms with E-state index in [0.717, 1.165) is 36.6 Å². The lowest BCUT2D eigenvalue weighted by Gasteiger charge is -2.06. The molecule has 0 amide bonds. The Morgan fingerprint density at radius 2 is 1.24 bits per heavy atom. The summed E-state index contributed by atoms with van der Waals surface area (Å²) in [5.41, 5.74) is 6.34. The maximum atomic E-state index is 15.0. The summed E-state index contributed by atoms with van der Waals surface area (Å²) in [5.74, 6) is 5.92. The summed E-state index contributed by atoms with van der Waals surface area (Å²) in [6.07, 6.45) is 6.93. The molecule has 0 fully saturated rings. The topological polar surface area (TPSA) is 0 Å². The monoisotopic (exact) mass is 434 g/mol. The lowest BCUT2D eigenvalue weighted by atomic mass is 10.00. The first-order valence-corrected chi connectivity index (χ1v) is 12.1. The van der Waals surface area contributed by atoms with Crippen LogP contribution in [0.3, 0.4) is 0 Å². The van der Waals surface area contributed by atoms with Crippen LogP contribution in [0.4, 0.5) is 4.39 Å². The molecule has 0 aliphatic heterocycles. The molecule has 1 heteroatoms. The molecule has 0 aliphatic carbocycles. The molecular weight excluding hydrogens is 403 g/mol. The third-order valence-corrected chi connectivity index (χ3v) is 6.17. The van der Waals surface area contributed by atoms with Gasteiger partial charge in [0.2, 0.25) is 0 Å². The van der Waals surface area contributed by atoms with Gasteiger partial charge in [0, 0.05) is 10.9 Å². The predicted octanol–water partition coefficient (Wildman–Crippen LogP) is 8.73. The highest BCUT2D eigenvalue weighted by molar-refractivity contribution is 5.85. The van der Waals surface area contributed by atoms with E-state index >= 15 is 4.39 Å². The van der Waals surface area contributed by atoms with Crippen LogP contribution >= 0.6 is 0 Å². The SMILES string of the molecule is CCCCc1ccc(-c2ccc(C#Cc3ccc4cc(CCCC)ccc4c3F)cc2)cc1. The van der Waals surface area contributed by atoms with Gasteiger partial charge in [0.15, 0.2) is 0 Å². The molecule has 0 spiro atoms. The number of benzene rings is 4. The molecule has 0 aliphatic rings. The third-order valence-electron chi connectivity index (χ3n) is 6.17. The lowest BCUT2D eigenvalue weighted by molar-refractivity contribution is 0.636. The van der Waals surface area contributed by atoms with Crippen molar-refractivity contribution in [3.8, 4) is 23.0 Å². The number of hydrogen-bond donors (Lipinski definition) is 0. The zero-order valence-corrected chi connectivity index (χ0v) is 19.6. The largest absolute Gasteiger partial charge is 0.205 e. The number of halogens is 1. The van der Waals surface area contributed by atoms with Crippen LogP contribution < -0.4 is 0 Å². The van der Waals surface area contributed by atoms with Crippen molar-refractivity contribution in [3.63, 3.8) is 0 Å². The molecule has 0 saturated carbocycles. The first kappa shape index (κ1) is 22.8. The zero-order chi connectivity index (χ0) is 23.0. The summed E-state index contributed by atoms with van der Waals surface area (Å²) in [4.78, 5) is 0. The molecule has 0 unspecified atom stereocenters. The molecule has 4 aromatic carbocycles. The molecule has 0 aromatic heterocycles. The predicted molar refractivity (Wildman–Crippen MR) is 139 cm³/mol. The molecule has 4 aromatic rings. The minimum atomic E-state index is -0.234. The molecule has 0 bridgehead atoms. The van der Waals surface area contributed by atoms with Gasteiger partial charge in [-0.05, 0) is 71.5 Å². The molecule has 0 radical (unpaired) electrons. The second-order valence-corrected chi connectivity index (χ2v) is 8.71. The Kier molecular flexibility index (Phi) is 7.59. The first-order valence-electron chi connectivity index (χ1n) is 12.1.